The number of carbonyl (C=O) groups excluding carboxylic acids is 1. The number of carbonyl (C=O) groups is 1. The van der Waals surface area contributed by atoms with E-state index in [1.807, 2.05) is 35.6 Å². The van der Waals surface area contributed by atoms with E-state index in [1.165, 1.54) is 15.8 Å². The minimum atomic E-state index is -0.339. The van der Waals surface area contributed by atoms with Crippen molar-refractivity contribution in [2.24, 2.45) is 0 Å². The maximum atomic E-state index is 12.5. The lowest BCUT2D eigenvalue weighted by atomic mass is 10.2. The first-order valence-electron chi connectivity index (χ1n) is 14.2. The van der Waals surface area contributed by atoms with Crippen molar-refractivity contribution in [3.05, 3.63) is 60.0 Å². The average molecular weight is 560 g/mol. The van der Waals surface area contributed by atoms with Gasteiger partial charge in [-0.3, -0.25) is 4.90 Å². The number of hydrogen-bond donors (Lipinski definition) is 0. The molecule has 2 aliphatic rings. The fraction of sp³-hybridized carbons (Fsp3) is 0.419. The molecule has 4 aromatic rings. The summed E-state index contributed by atoms with van der Waals surface area (Å²) in [7, 11) is 2.06. The first-order chi connectivity index (χ1) is 19.6. The number of rotatable bonds is 8. The van der Waals surface area contributed by atoms with Crippen molar-refractivity contribution in [3.8, 4) is 11.6 Å². The summed E-state index contributed by atoms with van der Waals surface area (Å²) in [5, 5.41) is 4.55. The molecule has 210 valence electrons. The smallest absolute Gasteiger partial charge is 0.416 e. The summed E-state index contributed by atoms with van der Waals surface area (Å²) in [5.41, 5.74) is 2.13. The Morgan fingerprint density at radius 2 is 1.75 bits per heavy atom. The fourth-order valence-electron chi connectivity index (χ4n) is 5.46. The molecule has 0 N–H and O–H groups in total. The summed E-state index contributed by atoms with van der Waals surface area (Å²) in [5.74, 6) is 1.11. The van der Waals surface area contributed by atoms with Crippen molar-refractivity contribution < 1.29 is 14.3 Å². The Hall–Kier alpha value is -3.40. The Balaban J connectivity index is 0.936. The summed E-state index contributed by atoms with van der Waals surface area (Å²) in [4.78, 5) is 26.1. The van der Waals surface area contributed by atoms with E-state index in [0.717, 1.165) is 75.3 Å². The number of likely N-dealkylation sites (N-methyl/N-ethyl adjacent to an activating group) is 1. The van der Waals surface area contributed by atoms with Gasteiger partial charge in [-0.15, -0.1) is 11.3 Å². The van der Waals surface area contributed by atoms with Gasteiger partial charge in [0.25, 0.3) is 0 Å². The Kier molecular flexibility index (Phi) is 8.32. The van der Waals surface area contributed by atoms with Gasteiger partial charge >= 0.3 is 6.09 Å². The van der Waals surface area contributed by atoms with Gasteiger partial charge in [0.2, 0.25) is 5.88 Å². The van der Waals surface area contributed by atoms with Crippen LogP contribution < -0.4 is 14.4 Å². The van der Waals surface area contributed by atoms with Gasteiger partial charge in [-0.25, -0.2) is 9.78 Å². The number of piperazine rings is 2. The summed E-state index contributed by atoms with van der Waals surface area (Å²) in [6.45, 7) is 9.15. The zero-order chi connectivity index (χ0) is 27.3. The lowest BCUT2D eigenvalue weighted by Gasteiger charge is -2.36. The maximum absolute atomic E-state index is 12.5. The third kappa shape index (κ3) is 6.32. The summed E-state index contributed by atoms with van der Waals surface area (Å²) < 4.78 is 13.0. The van der Waals surface area contributed by atoms with E-state index in [1.54, 1.807) is 11.0 Å². The van der Waals surface area contributed by atoms with Crippen LogP contribution in [-0.4, -0.2) is 98.3 Å². The number of fused-ring (bicyclic) bond motifs is 2. The molecule has 0 radical (unpaired) electrons. The van der Waals surface area contributed by atoms with Gasteiger partial charge in [0.1, 0.15) is 5.75 Å². The summed E-state index contributed by atoms with van der Waals surface area (Å²) in [6.07, 6.45) is 1.77. The normalized spacial score (nSPS) is 17.0. The second-order valence-electron chi connectivity index (χ2n) is 10.7. The monoisotopic (exact) mass is 559 g/mol. The molecule has 2 aromatic heterocycles. The van der Waals surface area contributed by atoms with E-state index in [2.05, 4.69) is 56.4 Å². The number of hydrogen-bond acceptors (Lipinski definition) is 8. The van der Waals surface area contributed by atoms with Crippen LogP contribution in [0.25, 0.3) is 21.0 Å². The molecule has 40 heavy (non-hydrogen) atoms. The van der Waals surface area contributed by atoms with Crippen LogP contribution in [0.3, 0.4) is 0 Å². The zero-order valence-electron chi connectivity index (χ0n) is 23.1. The third-order valence-electron chi connectivity index (χ3n) is 7.91. The van der Waals surface area contributed by atoms with Crippen LogP contribution in [0.2, 0.25) is 0 Å². The van der Waals surface area contributed by atoms with E-state index in [9.17, 15) is 4.79 Å². The van der Waals surface area contributed by atoms with Crippen LogP contribution in [-0.2, 0) is 0 Å². The molecule has 1 amide bonds. The summed E-state index contributed by atoms with van der Waals surface area (Å²) in [6, 6.07) is 18.5. The molecule has 8 nitrogen and oxygen atoms in total. The number of unbranched alkanes of at least 4 members (excludes halogenated alkanes) is 1. The van der Waals surface area contributed by atoms with Crippen LogP contribution >= 0.6 is 11.3 Å². The average Bonchev–Trinajstić information content (AvgIpc) is 3.47. The van der Waals surface area contributed by atoms with Gasteiger partial charge in [0.05, 0.1) is 12.1 Å². The highest BCUT2D eigenvalue weighted by Gasteiger charge is 2.21. The van der Waals surface area contributed by atoms with Gasteiger partial charge in [-0.05, 0) is 68.2 Å². The standard InChI is InChI=1S/C31H37N5O3S/c1-33-13-17-36(18-14-33)31(37)39-30-10-8-24-7-9-25(23-27(24)32-30)38-21-3-2-12-34-15-19-35(20-16-34)28-5-4-6-29-26(28)11-22-40-29/h4-11,22-23H,2-3,12-21H2,1H3. The molecule has 6 rings (SSSR count). The zero-order valence-corrected chi connectivity index (χ0v) is 23.9. The molecular weight excluding hydrogens is 522 g/mol. The summed E-state index contributed by atoms with van der Waals surface area (Å²) >= 11 is 1.81. The number of amides is 1. The lowest BCUT2D eigenvalue weighted by molar-refractivity contribution is 0.119. The molecule has 0 saturated carbocycles. The number of anilines is 1. The van der Waals surface area contributed by atoms with Crippen molar-refractivity contribution in [2.75, 3.05) is 77.5 Å². The first-order valence-corrected chi connectivity index (χ1v) is 15.1. The molecule has 2 saturated heterocycles. The molecule has 0 bridgehead atoms. The van der Waals surface area contributed by atoms with Crippen molar-refractivity contribution in [2.45, 2.75) is 12.8 Å². The second kappa shape index (κ2) is 12.4. The minimum absolute atomic E-state index is 0.320. The Morgan fingerprint density at radius 3 is 2.60 bits per heavy atom. The predicted octanol–water partition coefficient (Wildman–Crippen LogP) is 5.18. The highest BCUT2D eigenvalue weighted by atomic mass is 32.1. The molecule has 4 heterocycles. The first kappa shape index (κ1) is 26.8. The van der Waals surface area contributed by atoms with Crippen molar-refractivity contribution >= 4 is 44.1 Å². The molecule has 9 heteroatoms. The molecule has 0 atom stereocenters. The highest BCUT2D eigenvalue weighted by Crippen LogP contribution is 2.31. The molecule has 0 unspecified atom stereocenters. The van der Waals surface area contributed by atoms with E-state index in [4.69, 9.17) is 9.47 Å². The van der Waals surface area contributed by atoms with Gasteiger partial charge in [-0.1, -0.05) is 6.07 Å². The number of thiophene rings is 1. The number of ether oxygens (including phenoxy) is 2. The van der Waals surface area contributed by atoms with Crippen LogP contribution in [0, 0.1) is 0 Å². The SMILES string of the molecule is CN1CCN(C(=O)Oc2ccc3ccc(OCCCCN4CCN(c5cccc6sccc56)CC4)cc3n2)CC1. The van der Waals surface area contributed by atoms with E-state index >= 15 is 0 Å². The molecule has 0 spiro atoms. The van der Waals surface area contributed by atoms with Gasteiger partial charge in [0.15, 0.2) is 0 Å². The Morgan fingerprint density at radius 1 is 0.925 bits per heavy atom. The predicted molar refractivity (Wildman–Crippen MR) is 162 cm³/mol. The van der Waals surface area contributed by atoms with E-state index < -0.39 is 0 Å². The fourth-order valence-corrected chi connectivity index (χ4v) is 6.27. The lowest BCUT2D eigenvalue weighted by Crippen LogP contribution is -2.48. The molecular formula is C31H37N5O3S. The van der Waals surface area contributed by atoms with Gasteiger partial charge in [0, 0.05) is 85.7 Å². The van der Waals surface area contributed by atoms with Crippen LogP contribution in [0.15, 0.2) is 60.0 Å². The number of aromatic nitrogens is 1. The quantitative estimate of drug-likeness (QED) is 0.276. The Labute approximate surface area is 239 Å². The van der Waals surface area contributed by atoms with Crippen molar-refractivity contribution in [1.82, 2.24) is 19.7 Å². The van der Waals surface area contributed by atoms with Crippen LogP contribution in [0.5, 0.6) is 11.6 Å². The number of pyridine rings is 1. The minimum Gasteiger partial charge on any atom is -0.494 e. The van der Waals surface area contributed by atoms with Gasteiger partial charge < -0.3 is 24.2 Å². The third-order valence-corrected chi connectivity index (χ3v) is 8.80. The van der Waals surface area contributed by atoms with E-state index in [0.29, 0.717) is 25.6 Å². The van der Waals surface area contributed by atoms with Crippen LogP contribution in [0.4, 0.5) is 10.5 Å². The van der Waals surface area contributed by atoms with Crippen molar-refractivity contribution in [1.29, 1.82) is 0 Å². The van der Waals surface area contributed by atoms with Gasteiger partial charge in [-0.2, -0.15) is 0 Å². The molecule has 2 fully saturated rings. The second-order valence-corrected chi connectivity index (χ2v) is 11.6. The topological polar surface area (TPSA) is 61.4 Å². The number of nitrogens with zero attached hydrogens (tertiary/aromatic N) is 5. The molecule has 2 aromatic carbocycles. The van der Waals surface area contributed by atoms with Crippen molar-refractivity contribution in [3.63, 3.8) is 0 Å². The Bertz CT molecular complexity index is 1440. The molecule has 0 aliphatic carbocycles. The molecule has 2 aliphatic heterocycles. The maximum Gasteiger partial charge on any atom is 0.416 e. The largest absolute Gasteiger partial charge is 0.494 e. The van der Waals surface area contributed by atoms with E-state index in [-0.39, 0.29) is 6.09 Å². The number of benzene rings is 2. The van der Waals surface area contributed by atoms with Crippen LogP contribution in [0.1, 0.15) is 12.8 Å². The highest BCUT2D eigenvalue weighted by molar-refractivity contribution is 7.17.